The maximum Gasteiger partial charge on any atom is 0.268 e. The normalized spacial score (nSPS) is 11.9. The molecule has 3 N–H and O–H groups in total. The Bertz CT molecular complexity index is 2040. The summed E-state index contributed by atoms with van der Waals surface area (Å²) in [6, 6.07) is 20.1. The Balaban J connectivity index is 1.80. The number of hydrogen-bond acceptors (Lipinski definition) is 8. The number of rotatable bonds is 9. The lowest BCUT2D eigenvalue weighted by atomic mass is 10.0. The van der Waals surface area contributed by atoms with E-state index in [2.05, 4.69) is 15.6 Å². The number of carbonyl (C=O) groups is 1. The number of carbonyl (C=O) groups excluding carboxylic acids is 1. The summed E-state index contributed by atoms with van der Waals surface area (Å²) in [5, 5.41) is 1.10. The Morgan fingerprint density at radius 3 is 1.86 bits per heavy atom. The van der Waals surface area contributed by atoms with Crippen LogP contribution in [0, 0.1) is 6.92 Å². The van der Waals surface area contributed by atoms with Crippen molar-refractivity contribution in [3.8, 4) is 11.5 Å². The number of hydrogen-bond donors (Lipinski definition) is 3. The van der Waals surface area contributed by atoms with Crippen molar-refractivity contribution in [2.24, 2.45) is 0 Å². The van der Waals surface area contributed by atoms with Crippen molar-refractivity contribution in [3.05, 3.63) is 90.1 Å². The predicted octanol–water partition coefficient (Wildman–Crippen LogP) is 4.02. The van der Waals surface area contributed by atoms with Crippen molar-refractivity contribution >= 4 is 53.3 Å². The van der Waals surface area contributed by atoms with Crippen LogP contribution < -0.4 is 25.0 Å². The van der Waals surface area contributed by atoms with E-state index in [0.717, 1.165) is 3.97 Å². The summed E-state index contributed by atoms with van der Waals surface area (Å²) in [4.78, 5) is 13.3. The Morgan fingerprint density at radius 2 is 1.31 bits per heavy atom. The van der Waals surface area contributed by atoms with Gasteiger partial charge in [-0.3, -0.25) is 14.9 Å². The number of hydrazine groups is 1. The molecule has 0 saturated heterocycles. The molecule has 4 aromatic carbocycles. The standard InChI is InChI=1S/C29H28N4O7S2/c1-18-27(29(34)31-30-2)25-17-26(32-41(35,36)21-13-9-19(39-3)10-14-21)23-7-5-6-8-24(23)28(25)33(18)42(37,38)22-15-11-20(40-4)12-16-22/h5-17,30,32H,1-4H3,(H,31,34). The van der Waals surface area contributed by atoms with Gasteiger partial charge in [0.1, 0.15) is 11.5 Å². The Labute approximate surface area is 243 Å². The van der Waals surface area contributed by atoms with Crippen LogP contribution in [0.3, 0.4) is 0 Å². The second-order valence-electron chi connectivity index (χ2n) is 9.26. The lowest BCUT2D eigenvalue weighted by Gasteiger charge is -2.15. The first kappa shape index (κ1) is 28.9. The van der Waals surface area contributed by atoms with E-state index in [1.807, 2.05) is 0 Å². The van der Waals surface area contributed by atoms with Gasteiger partial charge in [0, 0.05) is 28.9 Å². The minimum absolute atomic E-state index is 0.00328. The molecule has 5 aromatic rings. The number of ether oxygens (including phenoxy) is 2. The zero-order valence-electron chi connectivity index (χ0n) is 23.1. The second kappa shape index (κ2) is 11.0. The largest absolute Gasteiger partial charge is 0.497 e. The molecule has 0 unspecified atom stereocenters. The molecular weight excluding hydrogens is 580 g/mol. The fourth-order valence-electron chi connectivity index (χ4n) is 4.89. The molecule has 0 aliphatic carbocycles. The van der Waals surface area contributed by atoms with Crippen molar-refractivity contribution in [1.29, 1.82) is 0 Å². The highest BCUT2D eigenvalue weighted by molar-refractivity contribution is 7.92. The van der Waals surface area contributed by atoms with Gasteiger partial charge in [-0.15, -0.1) is 0 Å². The molecule has 5 rings (SSSR count). The van der Waals surface area contributed by atoms with E-state index in [9.17, 15) is 21.6 Å². The zero-order valence-corrected chi connectivity index (χ0v) is 24.8. The minimum Gasteiger partial charge on any atom is -0.497 e. The topological polar surface area (TPSA) is 145 Å². The van der Waals surface area contributed by atoms with Crippen LogP contribution in [0.25, 0.3) is 21.7 Å². The first-order valence-corrected chi connectivity index (χ1v) is 15.6. The summed E-state index contributed by atoms with van der Waals surface area (Å²) in [6.07, 6.45) is 0. The fourth-order valence-corrected chi connectivity index (χ4v) is 7.54. The van der Waals surface area contributed by atoms with Crippen molar-refractivity contribution in [2.45, 2.75) is 16.7 Å². The van der Waals surface area contributed by atoms with Crippen molar-refractivity contribution in [3.63, 3.8) is 0 Å². The summed E-state index contributed by atoms with van der Waals surface area (Å²) >= 11 is 0. The van der Waals surface area contributed by atoms with Crippen LogP contribution in [-0.2, 0) is 20.0 Å². The minimum atomic E-state index is -4.23. The molecule has 0 bridgehead atoms. The lowest BCUT2D eigenvalue weighted by molar-refractivity contribution is 0.0939. The number of anilines is 1. The van der Waals surface area contributed by atoms with Crippen LogP contribution in [0.15, 0.2) is 88.7 Å². The molecule has 1 heterocycles. The quantitative estimate of drug-likeness (QED) is 0.213. The van der Waals surface area contributed by atoms with E-state index in [1.165, 1.54) is 82.8 Å². The van der Waals surface area contributed by atoms with Gasteiger partial charge in [0.15, 0.2) is 0 Å². The van der Waals surface area contributed by atoms with Gasteiger partial charge in [-0.1, -0.05) is 24.3 Å². The van der Waals surface area contributed by atoms with Crippen LogP contribution in [0.1, 0.15) is 16.1 Å². The summed E-state index contributed by atoms with van der Waals surface area (Å²) in [5.74, 6) is 0.384. The number of benzene rings is 4. The van der Waals surface area contributed by atoms with Gasteiger partial charge in [0.05, 0.1) is 40.8 Å². The van der Waals surface area contributed by atoms with Gasteiger partial charge in [0.2, 0.25) is 0 Å². The fraction of sp³-hybridized carbons (Fsp3) is 0.138. The third kappa shape index (κ3) is 4.91. The number of aromatic nitrogens is 1. The van der Waals surface area contributed by atoms with E-state index in [1.54, 1.807) is 24.3 Å². The maximum absolute atomic E-state index is 14.1. The summed E-state index contributed by atoms with van der Waals surface area (Å²) in [7, 11) is -3.84. The number of nitrogens with zero attached hydrogens (tertiary/aromatic N) is 1. The molecule has 11 nitrogen and oxygen atoms in total. The highest BCUT2D eigenvalue weighted by atomic mass is 32.2. The van der Waals surface area contributed by atoms with E-state index in [-0.39, 0.29) is 37.6 Å². The number of sulfonamides is 1. The highest BCUT2D eigenvalue weighted by Gasteiger charge is 2.30. The van der Waals surface area contributed by atoms with Crippen LogP contribution >= 0.6 is 0 Å². The molecule has 0 aliphatic heterocycles. The number of methoxy groups -OCH3 is 2. The van der Waals surface area contributed by atoms with Gasteiger partial charge in [-0.05, 0) is 61.5 Å². The van der Waals surface area contributed by atoms with Gasteiger partial charge >= 0.3 is 0 Å². The third-order valence-electron chi connectivity index (χ3n) is 6.83. The number of nitrogens with one attached hydrogen (secondary N) is 3. The highest BCUT2D eigenvalue weighted by Crippen LogP contribution is 2.39. The molecule has 0 saturated carbocycles. The van der Waals surface area contributed by atoms with Crippen molar-refractivity contribution < 1.29 is 31.1 Å². The SMILES string of the molecule is CNNC(=O)c1c(C)n(S(=O)(=O)c2ccc(OC)cc2)c2c1cc(NS(=O)(=O)c1ccc(OC)cc1)c1ccccc12. The number of fused-ring (bicyclic) bond motifs is 3. The number of amides is 1. The smallest absolute Gasteiger partial charge is 0.268 e. The van der Waals surface area contributed by atoms with E-state index < -0.39 is 26.0 Å². The molecule has 0 aliphatic rings. The summed E-state index contributed by atoms with van der Waals surface area (Å²) in [5.41, 5.74) is 5.69. The van der Waals surface area contributed by atoms with Crippen LogP contribution in [0.5, 0.6) is 11.5 Å². The van der Waals surface area contributed by atoms with Crippen LogP contribution in [0.2, 0.25) is 0 Å². The molecule has 0 radical (unpaired) electrons. The molecule has 0 atom stereocenters. The zero-order chi connectivity index (χ0) is 30.2. The third-order valence-corrected chi connectivity index (χ3v) is 10.0. The maximum atomic E-state index is 14.1. The van der Waals surface area contributed by atoms with Gasteiger partial charge in [-0.25, -0.2) is 26.2 Å². The van der Waals surface area contributed by atoms with E-state index in [0.29, 0.717) is 22.3 Å². The summed E-state index contributed by atoms with van der Waals surface area (Å²) < 4.78 is 69.1. The molecule has 1 amide bonds. The average Bonchev–Trinajstić information content (AvgIpc) is 3.29. The first-order chi connectivity index (χ1) is 20.0. The molecule has 1 aromatic heterocycles. The second-order valence-corrected chi connectivity index (χ2v) is 12.7. The average molecular weight is 609 g/mol. The Morgan fingerprint density at radius 1 is 0.762 bits per heavy atom. The van der Waals surface area contributed by atoms with Crippen LogP contribution in [0.4, 0.5) is 5.69 Å². The molecule has 13 heteroatoms. The van der Waals surface area contributed by atoms with E-state index >= 15 is 0 Å². The molecule has 0 spiro atoms. The van der Waals surface area contributed by atoms with Crippen molar-refractivity contribution in [1.82, 2.24) is 14.8 Å². The van der Waals surface area contributed by atoms with E-state index in [4.69, 9.17) is 9.47 Å². The van der Waals surface area contributed by atoms with Crippen LogP contribution in [-0.4, -0.2) is 48.0 Å². The van der Waals surface area contributed by atoms with Gasteiger partial charge in [0.25, 0.3) is 26.0 Å². The van der Waals surface area contributed by atoms with Gasteiger partial charge in [-0.2, -0.15) is 0 Å². The lowest BCUT2D eigenvalue weighted by Crippen LogP contribution is -2.34. The molecular formula is C29H28N4O7S2. The Kier molecular flexibility index (Phi) is 7.58. The Hall–Kier alpha value is -4.59. The molecule has 0 fully saturated rings. The molecule has 218 valence electrons. The summed E-state index contributed by atoms with van der Waals surface area (Å²) in [6.45, 7) is 1.53. The first-order valence-electron chi connectivity index (χ1n) is 12.6. The van der Waals surface area contributed by atoms with Gasteiger partial charge < -0.3 is 9.47 Å². The molecule has 42 heavy (non-hydrogen) atoms. The predicted molar refractivity (Wildman–Crippen MR) is 160 cm³/mol. The monoisotopic (exact) mass is 608 g/mol. The van der Waals surface area contributed by atoms with Crippen molar-refractivity contribution in [2.75, 3.05) is 26.0 Å².